The molecule has 14 heavy (non-hydrogen) atoms. The first-order valence-electron chi connectivity index (χ1n) is 4.80. The summed E-state index contributed by atoms with van der Waals surface area (Å²) in [7, 11) is -2.60. The van der Waals surface area contributed by atoms with E-state index in [1.165, 1.54) is 0 Å². The molecule has 0 radical (unpaired) electrons. The van der Waals surface area contributed by atoms with Crippen molar-refractivity contribution in [3.05, 3.63) is 30.3 Å². The van der Waals surface area contributed by atoms with Gasteiger partial charge in [0.15, 0.2) is 0 Å². The summed E-state index contributed by atoms with van der Waals surface area (Å²) in [6, 6.07) is 9.36. The average molecular weight is 212 g/mol. The zero-order valence-corrected chi connectivity index (χ0v) is 9.83. The Morgan fingerprint density at radius 3 is 2.36 bits per heavy atom. The highest BCUT2D eigenvalue weighted by atomic mass is 31.2. The van der Waals surface area contributed by atoms with Crippen molar-refractivity contribution in [3.63, 3.8) is 0 Å². The zero-order valence-electron chi connectivity index (χ0n) is 8.93. The lowest BCUT2D eigenvalue weighted by atomic mass is 10.2. The molecule has 0 aliphatic carbocycles. The number of rotatable bonds is 4. The van der Waals surface area contributed by atoms with Gasteiger partial charge in [0.25, 0.3) is 0 Å². The fourth-order valence-electron chi connectivity index (χ4n) is 1.06. The van der Waals surface area contributed by atoms with Gasteiger partial charge in [-0.25, -0.2) is 0 Å². The normalized spacial score (nSPS) is 15.4. The average Bonchev–Trinajstić information content (AvgIpc) is 2.16. The highest BCUT2D eigenvalue weighted by Gasteiger charge is 2.18. The predicted molar refractivity (Wildman–Crippen MR) is 60.4 cm³/mol. The van der Waals surface area contributed by atoms with Crippen molar-refractivity contribution in [2.75, 3.05) is 13.3 Å². The van der Waals surface area contributed by atoms with Crippen LogP contribution in [0, 0.1) is 5.92 Å². The van der Waals surface area contributed by atoms with Gasteiger partial charge < -0.3 is 4.52 Å². The van der Waals surface area contributed by atoms with E-state index in [-0.39, 0.29) is 0 Å². The second kappa shape index (κ2) is 4.77. The van der Waals surface area contributed by atoms with Crippen LogP contribution in [0.2, 0.25) is 0 Å². The van der Waals surface area contributed by atoms with E-state index in [2.05, 4.69) is 0 Å². The Kier molecular flexibility index (Phi) is 3.91. The standard InChI is InChI=1S/C11H17O2P/c1-10(2)9-13-14(3,12)11-7-5-4-6-8-11/h4-8,10H,9H2,1-3H3. The highest BCUT2D eigenvalue weighted by Crippen LogP contribution is 2.41. The maximum absolute atomic E-state index is 12.1. The van der Waals surface area contributed by atoms with Gasteiger partial charge in [-0.15, -0.1) is 0 Å². The lowest BCUT2D eigenvalue weighted by Crippen LogP contribution is -2.09. The summed E-state index contributed by atoms with van der Waals surface area (Å²) in [4.78, 5) is 0. The van der Waals surface area contributed by atoms with Gasteiger partial charge >= 0.3 is 0 Å². The lowest BCUT2D eigenvalue weighted by Gasteiger charge is -2.15. The van der Waals surface area contributed by atoms with Crippen LogP contribution in [0.4, 0.5) is 0 Å². The highest BCUT2D eigenvalue weighted by molar-refractivity contribution is 7.66. The van der Waals surface area contributed by atoms with Crippen LogP contribution in [0.15, 0.2) is 30.3 Å². The zero-order chi connectivity index (χ0) is 10.6. The molecule has 0 heterocycles. The smallest absolute Gasteiger partial charge is 0.229 e. The molecule has 1 rings (SSSR count). The van der Waals surface area contributed by atoms with Gasteiger partial charge in [-0.05, 0) is 18.1 Å². The van der Waals surface area contributed by atoms with E-state index in [0.717, 1.165) is 5.30 Å². The Morgan fingerprint density at radius 2 is 1.86 bits per heavy atom. The molecule has 3 heteroatoms. The molecule has 78 valence electrons. The van der Waals surface area contributed by atoms with Crippen molar-refractivity contribution < 1.29 is 9.09 Å². The maximum Gasteiger partial charge on any atom is 0.229 e. The van der Waals surface area contributed by atoms with Gasteiger partial charge in [0, 0.05) is 12.0 Å². The Hall–Kier alpha value is -0.590. The van der Waals surface area contributed by atoms with Crippen LogP contribution >= 0.6 is 7.37 Å². The van der Waals surface area contributed by atoms with Crippen molar-refractivity contribution in [1.82, 2.24) is 0 Å². The molecule has 1 aromatic rings. The van der Waals surface area contributed by atoms with Crippen LogP contribution in [0.25, 0.3) is 0 Å². The number of hydrogen-bond acceptors (Lipinski definition) is 2. The fourth-order valence-corrected chi connectivity index (χ4v) is 2.51. The molecule has 0 amide bonds. The minimum absolute atomic E-state index is 0.409. The topological polar surface area (TPSA) is 26.3 Å². The summed E-state index contributed by atoms with van der Waals surface area (Å²) in [5.74, 6) is 0.409. The molecule has 0 aliphatic rings. The van der Waals surface area contributed by atoms with E-state index >= 15 is 0 Å². The predicted octanol–water partition coefficient (Wildman–Crippen LogP) is 2.89. The second-order valence-electron chi connectivity index (χ2n) is 3.87. The molecule has 0 N–H and O–H groups in total. The first-order valence-corrected chi connectivity index (χ1v) is 6.87. The van der Waals surface area contributed by atoms with E-state index in [1.807, 2.05) is 44.2 Å². The first-order chi connectivity index (χ1) is 6.52. The van der Waals surface area contributed by atoms with Gasteiger partial charge in [0.1, 0.15) is 0 Å². The molecule has 0 aromatic heterocycles. The number of benzene rings is 1. The second-order valence-corrected chi connectivity index (χ2v) is 6.34. The van der Waals surface area contributed by atoms with Gasteiger partial charge in [-0.1, -0.05) is 32.0 Å². The first kappa shape index (κ1) is 11.5. The Balaban J connectivity index is 2.71. The van der Waals surface area contributed by atoms with Crippen molar-refractivity contribution in [2.24, 2.45) is 5.92 Å². The minimum Gasteiger partial charge on any atom is -0.325 e. The van der Waals surface area contributed by atoms with Crippen molar-refractivity contribution in [3.8, 4) is 0 Å². The Morgan fingerprint density at radius 1 is 1.29 bits per heavy atom. The summed E-state index contributed by atoms with van der Waals surface area (Å²) in [5, 5.41) is 0.792. The van der Waals surface area contributed by atoms with Crippen LogP contribution in [0.1, 0.15) is 13.8 Å². The van der Waals surface area contributed by atoms with Gasteiger partial charge in [0.05, 0.1) is 6.61 Å². The van der Waals surface area contributed by atoms with Crippen LogP contribution in [0.3, 0.4) is 0 Å². The summed E-state index contributed by atoms with van der Waals surface area (Å²) < 4.78 is 17.5. The van der Waals surface area contributed by atoms with E-state index in [9.17, 15) is 4.57 Å². The van der Waals surface area contributed by atoms with Crippen LogP contribution in [-0.4, -0.2) is 13.3 Å². The molecule has 0 saturated heterocycles. The third-order valence-corrected chi connectivity index (χ3v) is 3.76. The molecule has 2 nitrogen and oxygen atoms in total. The molecule has 0 aliphatic heterocycles. The Bertz CT molecular complexity index is 319. The van der Waals surface area contributed by atoms with Crippen molar-refractivity contribution in [1.29, 1.82) is 0 Å². The van der Waals surface area contributed by atoms with Gasteiger partial charge in [-0.3, -0.25) is 4.57 Å². The SMILES string of the molecule is CC(C)COP(C)(=O)c1ccccc1. The van der Waals surface area contributed by atoms with E-state index in [0.29, 0.717) is 12.5 Å². The monoisotopic (exact) mass is 212 g/mol. The largest absolute Gasteiger partial charge is 0.325 e. The summed E-state index contributed by atoms with van der Waals surface area (Å²) >= 11 is 0. The van der Waals surface area contributed by atoms with Gasteiger partial charge in [0.2, 0.25) is 7.37 Å². The van der Waals surface area contributed by atoms with E-state index in [4.69, 9.17) is 4.52 Å². The molecule has 0 saturated carbocycles. The molecule has 0 fully saturated rings. The summed E-state index contributed by atoms with van der Waals surface area (Å²) in [6.45, 7) is 6.31. The maximum atomic E-state index is 12.1. The Labute approximate surface area is 85.7 Å². The molecule has 1 unspecified atom stereocenters. The summed E-state index contributed by atoms with van der Waals surface area (Å²) in [6.07, 6.45) is 0. The molecule has 0 bridgehead atoms. The summed E-state index contributed by atoms with van der Waals surface area (Å²) in [5.41, 5.74) is 0. The third kappa shape index (κ3) is 3.28. The molecular formula is C11H17O2P. The molecular weight excluding hydrogens is 195 g/mol. The van der Waals surface area contributed by atoms with Crippen LogP contribution in [0.5, 0.6) is 0 Å². The molecule has 1 aromatic carbocycles. The lowest BCUT2D eigenvalue weighted by molar-refractivity contribution is 0.278. The molecule has 1 atom stereocenters. The van der Waals surface area contributed by atoms with Crippen molar-refractivity contribution >= 4 is 12.7 Å². The van der Waals surface area contributed by atoms with E-state index < -0.39 is 7.37 Å². The van der Waals surface area contributed by atoms with Crippen molar-refractivity contribution in [2.45, 2.75) is 13.8 Å². The quantitative estimate of drug-likeness (QED) is 0.717. The third-order valence-electron chi connectivity index (χ3n) is 1.88. The van der Waals surface area contributed by atoms with Crippen LogP contribution in [-0.2, 0) is 9.09 Å². The minimum atomic E-state index is -2.60. The number of hydrogen-bond donors (Lipinski definition) is 0. The van der Waals surface area contributed by atoms with Gasteiger partial charge in [-0.2, -0.15) is 0 Å². The van der Waals surface area contributed by atoms with Crippen LogP contribution < -0.4 is 5.30 Å². The fraction of sp³-hybridized carbons (Fsp3) is 0.455. The van der Waals surface area contributed by atoms with E-state index in [1.54, 1.807) is 6.66 Å². The molecule has 0 spiro atoms.